The van der Waals surface area contributed by atoms with E-state index in [-0.39, 0.29) is 4.91 Å². The molecule has 3 aromatic rings. The number of carboxylic acids is 1. The van der Waals surface area contributed by atoms with Crippen LogP contribution in [0.2, 0.25) is 0 Å². The molecule has 0 atom stereocenters. The van der Waals surface area contributed by atoms with Gasteiger partial charge in [-0.2, -0.15) is 0 Å². The van der Waals surface area contributed by atoms with Crippen molar-refractivity contribution in [1.82, 2.24) is 19.7 Å². The molecule has 6 nitrogen and oxygen atoms in total. The molecule has 2 N–H and O–H groups in total. The van der Waals surface area contributed by atoms with Crippen LogP contribution in [0.15, 0.2) is 34.3 Å². The molecule has 2 heterocycles. The van der Waals surface area contributed by atoms with Crippen molar-refractivity contribution in [2.24, 2.45) is 7.05 Å². The molecular weight excluding hydrogens is 336 g/mol. The summed E-state index contributed by atoms with van der Waals surface area (Å²) in [6.45, 7) is 4.04. The zero-order chi connectivity index (χ0) is 18.0. The van der Waals surface area contributed by atoms with Crippen LogP contribution >= 0.6 is 11.8 Å². The fourth-order valence-electron chi connectivity index (χ4n) is 2.77. The maximum absolute atomic E-state index is 11.7. The molecule has 1 aromatic carbocycles. The van der Waals surface area contributed by atoms with Crippen molar-refractivity contribution >= 4 is 34.7 Å². The van der Waals surface area contributed by atoms with Gasteiger partial charge >= 0.3 is 5.97 Å². The summed E-state index contributed by atoms with van der Waals surface area (Å²) in [4.78, 5) is 16.3. The number of aromatic nitrogens is 4. The predicted octanol–water partition coefficient (Wildman–Crippen LogP) is 3.78. The molecule has 0 spiro atoms. The van der Waals surface area contributed by atoms with Gasteiger partial charge in [-0.05, 0) is 37.2 Å². The summed E-state index contributed by atoms with van der Waals surface area (Å²) < 4.78 is 2.07. The van der Waals surface area contributed by atoms with Crippen molar-refractivity contribution in [3.8, 4) is 0 Å². The maximum atomic E-state index is 11.7. The molecule has 0 amide bonds. The van der Waals surface area contributed by atoms with E-state index in [1.165, 1.54) is 0 Å². The van der Waals surface area contributed by atoms with Crippen molar-refractivity contribution in [1.29, 1.82) is 0 Å². The Hall–Kier alpha value is -2.54. The van der Waals surface area contributed by atoms with E-state index in [4.69, 9.17) is 0 Å². The summed E-state index contributed by atoms with van der Waals surface area (Å²) >= 11 is 1.06. The van der Waals surface area contributed by atoms with Crippen molar-refractivity contribution in [3.63, 3.8) is 0 Å². The number of aliphatic carboxylic acids is 1. The third-order valence-corrected chi connectivity index (χ3v) is 5.01. The molecule has 0 radical (unpaired) electrons. The molecule has 0 aliphatic heterocycles. The third-order valence-electron chi connectivity index (χ3n) is 4.13. The number of aromatic amines is 1. The molecule has 3 rings (SSSR count). The minimum Gasteiger partial charge on any atom is -0.477 e. The SMILES string of the molecule is CCCc1nc(S/C(=C\c2c(C)n(C)c3ccccc23)C(=O)O)n[nH]1. The zero-order valence-electron chi connectivity index (χ0n) is 14.4. The third kappa shape index (κ3) is 3.46. The number of thioether (sulfide) groups is 1. The molecule has 0 fully saturated rings. The lowest BCUT2D eigenvalue weighted by atomic mass is 10.1. The van der Waals surface area contributed by atoms with Crippen LogP contribution in [0.5, 0.6) is 0 Å². The van der Waals surface area contributed by atoms with E-state index < -0.39 is 5.97 Å². The van der Waals surface area contributed by atoms with Crippen LogP contribution in [0.25, 0.3) is 17.0 Å². The Balaban J connectivity index is 2.01. The summed E-state index contributed by atoms with van der Waals surface area (Å²) in [6, 6.07) is 7.97. The molecular formula is C18H20N4O2S. The Bertz CT molecular complexity index is 955. The predicted molar refractivity (Wildman–Crippen MR) is 99.5 cm³/mol. The Morgan fingerprint density at radius 2 is 2.16 bits per heavy atom. The largest absolute Gasteiger partial charge is 0.477 e. The fraction of sp³-hybridized carbons (Fsp3) is 0.278. The highest BCUT2D eigenvalue weighted by atomic mass is 32.2. The van der Waals surface area contributed by atoms with Gasteiger partial charge < -0.3 is 9.67 Å². The van der Waals surface area contributed by atoms with Gasteiger partial charge in [0.2, 0.25) is 5.16 Å². The van der Waals surface area contributed by atoms with E-state index in [9.17, 15) is 9.90 Å². The summed E-state index contributed by atoms with van der Waals surface area (Å²) in [5.74, 6) is -0.213. The van der Waals surface area contributed by atoms with Gasteiger partial charge in [-0.15, -0.1) is 5.10 Å². The quantitative estimate of drug-likeness (QED) is 0.519. The number of nitrogens with one attached hydrogen (secondary N) is 1. The van der Waals surface area contributed by atoms with Crippen LogP contribution in [-0.2, 0) is 18.3 Å². The Morgan fingerprint density at radius 3 is 2.88 bits per heavy atom. The highest BCUT2D eigenvalue weighted by Crippen LogP contribution is 2.31. The van der Waals surface area contributed by atoms with Crippen molar-refractivity contribution in [2.45, 2.75) is 31.8 Å². The summed E-state index contributed by atoms with van der Waals surface area (Å²) in [7, 11) is 1.98. The maximum Gasteiger partial charge on any atom is 0.342 e. The average molecular weight is 356 g/mol. The molecule has 0 saturated carbocycles. The average Bonchev–Trinajstić information content (AvgIpc) is 3.13. The molecule has 2 aromatic heterocycles. The van der Waals surface area contributed by atoms with Crippen molar-refractivity contribution < 1.29 is 9.90 Å². The van der Waals surface area contributed by atoms with Crippen LogP contribution in [0.4, 0.5) is 0 Å². The number of rotatable bonds is 6. The first-order valence-corrected chi connectivity index (χ1v) is 8.91. The first kappa shape index (κ1) is 17.3. The number of nitrogens with zero attached hydrogens (tertiary/aromatic N) is 3. The number of aryl methyl sites for hydroxylation is 2. The van der Waals surface area contributed by atoms with Gasteiger partial charge in [-0.25, -0.2) is 9.78 Å². The number of carbonyl (C=O) groups is 1. The van der Waals surface area contributed by atoms with Crippen LogP contribution in [0.3, 0.4) is 0 Å². The van der Waals surface area contributed by atoms with Crippen molar-refractivity contribution in [2.75, 3.05) is 0 Å². The van der Waals surface area contributed by atoms with Gasteiger partial charge in [-0.3, -0.25) is 5.10 Å². The van der Waals surface area contributed by atoms with Crippen LogP contribution < -0.4 is 0 Å². The Kier molecular flexibility index (Phi) is 4.94. The van der Waals surface area contributed by atoms with Crippen LogP contribution in [-0.4, -0.2) is 30.8 Å². The molecule has 0 bridgehead atoms. The minimum absolute atomic E-state index is 0.196. The van der Waals surface area contributed by atoms with E-state index in [2.05, 4.69) is 26.7 Å². The number of hydrogen-bond acceptors (Lipinski definition) is 4. The monoisotopic (exact) mass is 356 g/mol. The van der Waals surface area contributed by atoms with Gasteiger partial charge in [0.05, 0.1) is 0 Å². The fourth-order valence-corrected chi connectivity index (χ4v) is 3.48. The number of para-hydroxylation sites is 1. The zero-order valence-corrected chi connectivity index (χ0v) is 15.2. The first-order chi connectivity index (χ1) is 12.0. The lowest BCUT2D eigenvalue weighted by Gasteiger charge is -2.01. The second kappa shape index (κ2) is 7.14. The number of H-pyrrole nitrogens is 1. The highest BCUT2D eigenvalue weighted by molar-refractivity contribution is 8.04. The summed E-state index contributed by atoms with van der Waals surface area (Å²) in [6.07, 6.45) is 3.46. The molecule has 7 heteroatoms. The topological polar surface area (TPSA) is 83.8 Å². The standard InChI is InChI=1S/C18H20N4O2S/c1-4-7-16-19-18(21-20-16)25-15(17(23)24)10-13-11(2)22(3)14-9-6-5-8-12(13)14/h5-6,8-10H,4,7H2,1-3H3,(H,23,24)(H,19,20,21)/b15-10-. The van der Waals surface area contributed by atoms with E-state index in [1.807, 2.05) is 38.2 Å². The lowest BCUT2D eigenvalue weighted by molar-refractivity contribution is -0.131. The molecule has 25 heavy (non-hydrogen) atoms. The molecule has 0 aliphatic rings. The van der Waals surface area contributed by atoms with Gasteiger partial charge in [0, 0.05) is 35.6 Å². The highest BCUT2D eigenvalue weighted by Gasteiger charge is 2.17. The molecule has 0 aliphatic carbocycles. The van der Waals surface area contributed by atoms with E-state index in [0.717, 1.165) is 52.6 Å². The van der Waals surface area contributed by atoms with Gasteiger partial charge in [0.1, 0.15) is 10.7 Å². The van der Waals surface area contributed by atoms with Gasteiger partial charge in [0.15, 0.2) is 0 Å². The Labute approximate surface area is 150 Å². The Morgan fingerprint density at radius 1 is 1.40 bits per heavy atom. The molecule has 0 saturated heterocycles. The first-order valence-electron chi connectivity index (χ1n) is 8.09. The van der Waals surface area contributed by atoms with Crippen molar-refractivity contribution in [3.05, 3.63) is 46.3 Å². The van der Waals surface area contributed by atoms with E-state index in [1.54, 1.807) is 6.08 Å². The second-order valence-corrected chi connectivity index (χ2v) is 6.81. The minimum atomic E-state index is -0.987. The van der Waals surface area contributed by atoms with Crippen LogP contribution in [0, 0.1) is 6.92 Å². The number of benzene rings is 1. The summed E-state index contributed by atoms with van der Waals surface area (Å²) in [5, 5.41) is 18.0. The second-order valence-electron chi connectivity index (χ2n) is 5.81. The number of fused-ring (bicyclic) bond motifs is 1. The number of carboxylic acid groups (broad SMARTS) is 1. The molecule has 130 valence electrons. The van der Waals surface area contributed by atoms with Crippen LogP contribution in [0.1, 0.15) is 30.4 Å². The summed E-state index contributed by atoms with van der Waals surface area (Å²) in [5.41, 5.74) is 3.00. The smallest absolute Gasteiger partial charge is 0.342 e. The molecule has 0 unspecified atom stereocenters. The normalized spacial score (nSPS) is 12.0. The van der Waals surface area contributed by atoms with E-state index >= 15 is 0 Å². The lowest BCUT2D eigenvalue weighted by Crippen LogP contribution is -1.98. The van der Waals surface area contributed by atoms with Gasteiger partial charge in [-0.1, -0.05) is 25.1 Å². The van der Waals surface area contributed by atoms with Gasteiger partial charge in [0.25, 0.3) is 0 Å². The number of hydrogen-bond donors (Lipinski definition) is 2. The van der Waals surface area contributed by atoms with E-state index in [0.29, 0.717) is 5.16 Å².